The molecule has 0 fully saturated rings. The molecule has 0 aliphatic rings. The number of hydrogen-bond donors (Lipinski definition) is 5. The second-order valence-corrected chi connectivity index (χ2v) is 9.50. The maximum atomic E-state index is 13.8. The van der Waals surface area contributed by atoms with E-state index >= 15 is 0 Å². The Morgan fingerprint density at radius 3 is 2.02 bits per heavy atom. The summed E-state index contributed by atoms with van der Waals surface area (Å²) < 4.78 is 13.8. The molecule has 0 bridgehead atoms. The summed E-state index contributed by atoms with van der Waals surface area (Å²) >= 11 is 0. The van der Waals surface area contributed by atoms with Crippen molar-refractivity contribution in [3.05, 3.63) is 107 Å². The number of carboxylic acids is 3. The number of aliphatic carboxylic acids is 3. The molecule has 42 heavy (non-hydrogen) atoms. The number of aryl methyl sites for hydroxylation is 1. The van der Waals surface area contributed by atoms with Crippen LogP contribution in [0.4, 0.5) is 10.1 Å². The molecule has 4 rings (SSSR count). The van der Waals surface area contributed by atoms with Gasteiger partial charge in [-0.25, -0.2) is 19.0 Å². The fraction of sp³-hybridized carbons (Fsp3) is 0.161. The monoisotopic (exact) mass is 575 g/mol. The van der Waals surface area contributed by atoms with Gasteiger partial charge >= 0.3 is 17.9 Å². The van der Waals surface area contributed by atoms with Gasteiger partial charge in [-0.3, -0.25) is 4.79 Å². The molecule has 0 unspecified atom stereocenters. The van der Waals surface area contributed by atoms with Crippen LogP contribution in [0.3, 0.4) is 0 Å². The maximum Gasteiger partial charge on any atom is 0.328 e. The fourth-order valence-electron chi connectivity index (χ4n) is 4.05. The van der Waals surface area contributed by atoms with Gasteiger partial charge in [0.05, 0.1) is 22.5 Å². The SMILES string of the molecule is CN(C)Cc1ccc(N=C(c2ccc(CCC(=O)O)cc2)c2c(O)[nH]c3cc(F)ccc23)cc1.O=C(O)/C=C/C(=O)O. The molecule has 218 valence electrons. The normalized spacial score (nSPS) is 11.5. The van der Waals surface area contributed by atoms with Gasteiger partial charge in [-0.1, -0.05) is 36.4 Å². The zero-order chi connectivity index (χ0) is 30.8. The van der Waals surface area contributed by atoms with E-state index in [1.165, 1.54) is 12.1 Å². The van der Waals surface area contributed by atoms with E-state index in [1.807, 2.05) is 62.6 Å². The van der Waals surface area contributed by atoms with Gasteiger partial charge in [0, 0.05) is 36.1 Å². The highest BCUT2D eigenvalue weighted by Gasteiger charge is 2.19. The third-order valence-electron chi connectivity index (χ3n) is 5.88. The molecule has 3 aromatic carbocycles. The summed E-state index contributed by atoms with van der Waals surface area (Å²) in [6.45, 7) is 0.809. The smallest absolute Gasteiger partial charge is 0.328 e. The Balaban J connectivity index is 0.000000531. The molecule has 10 nitrogen and oxygen atoms in total. The maximum absolute atomic E-state index is 13.8. The van der Waals surface area contributed by atoms with Crippen molar-refractivity contribution in [1.29, 1.82) is 0 Å². The molecule has 5 N–H and O–H groups in total. The molecule has 0 aliphatic heterocycles. The Morgan fingerprint density at radius 1 is 0.881 bits per heavy atom. The summed E-state index contributed by atoms with van der Waals surface area (Å²) in [4.78, 5) is 39.8. The highest BCUT2D eigenvalue weighted by Crippen LogP contribution is 2.32. The number of halogens is 1. The lowest BCUT2D eigenvalue weighted by molar-refractivity contribution is -0.137. The minimum Gasteiger partial charge on any atom is -0.494 e. The Morgan fingerprint density at radius 2 is 1.48 bits per heavy atom. The van der Waals surface area contributed by atoms with Gasteiger partial charge in [0.1, 0.15) is 5.82 Å². The van der Waals surface area contributed by atoms with Gasteiger partial charge in [0.15, 0.2) is 5.88 Å². The highest BCUT2D eigenvalue weighted by molar-refractivity contribution is 6.21. The Kier molecular flexibility index (Phi) is 10.7. The summed E-state index contributed by atoms with van der Waals surface area (Å²) in [5.41, 5.74) is 4.98. The molecule has 4 aromatic rings. The number of aromatic hydroxyl groups is 1. The first kappa shape index (κ1) is 31.2. The van der Waals surface area contributed by atoms with E-state index in [2.05, 4.69) is 9.88 Å². The lowest BCUT2D eigenvalue weighted by atomic mass is 9.98. The second-order valence-electron chi connectivity index (χ2n) is 9.50. The number of aromatic nitrogens is 1. The number of H-pyrrole nitrogens is 1. The number of carbonyl (C=O) groups is 3. The molecule has 0 aliphatic carbocycles. The Hall–Kier alpha value is -5.29. The Bertz CT molecular complexity index is 1610. The lowest BCUT2D eigenvalue weighted by Gasteiger charge is -2.11. The second kappa shape index (κ2) is 14.4. The molecule has 0 radical (unpaired) electrons. The summed E-state index contributed by atoms with van der Waals surface area (Å²) in [5, 5.41) is 36.0. The van der Waals surface area contributed by atoms with Crippen molar-refractivity contribution in [2.45, 2.75) is 19.4 Å². The van der Waals surface area contributed by atoms with Crippen molar-refractivity contribution in [2.24, 2.45) is 4.99 Å². The third kappa shape index (κ3) is 9.14. The van der Waals surface area contributed by atoms with Crippen molar-refractivity contribution in [1.82, 2.24) is 9.88 Å². The summed E-state index contributed by atoms with van der Waals surface area (Å²) in [7, 11) is 4.01. The largest absolute Gasteiger partial charge is 0.494 e. The molecule has 0 spiro atoms. The van der Waals surface area contributed by atoms with Crippen LogP contribution >= 0.6 is 0 Å². The average molecular weight is 576 g/mol. The van der Waals surface area contributed by atoms with Crippen LogP contribution in [-0.2, 0) is 27.3 Å². The van der Waals surface area contributed by atoms with Crippen molar-refractivity contribution in [3.63, 3.8) is 0 Å². The van der Waals surface area contributed by atoms with Crippen LogP contribution in [0.1, 0.15) is 28.7 Å². The molecule has 0 amide bonds. The molecule has 0 atom stereocenters. The lowest BCUT2D eigenvalue weighted by Crippen LogP contribution is -2.10. The minimum absolute atomic E-state index is 0.0500. The number of nitrogens with zero attached hydrogens (tertiary/aromatic N) is 2. The number of aromatic amines is 1. The average Bonchev–Trinajstić information content (AvgIpc) is 3.25. The summed E-state index contributed by atoms with van der Waals surface area (Å²) in [6, 6.07) is 19.6. The molecule has 0 saturated heterocycles. The predicted octanol–water partition coefficient (Wildman–Crippen LogP) is 4.97. The molecule has 0 saturated carbocycles. The predicted molar refractivity (Wildman–Crippen MR) is 156 cm³/mol. The van der Waals surface area contributed by atoms with E-state index in [9.17, 15) is 23.9 Å². The molecule has 1 aromatic heterocycles. The van der Waals surface area contributed by atoms with E-state index in [4.69, 9.17) is 20.3 Å². The van der Waals surface area contributed by atoms with Crippen molar-refractivity contribution in [3.8, 4) is 5.88 Å². The number of benzene rings is 3. The van der Waals surface area contributed by atoms with Gasteiger partial charge in [0.2, 0.25) is 0 Å². The van der Waals surface area contributed by atoms with E-state index in [0.717, 1.165) is 23.2 Å². The number of aliphatic imine (C=N–C) groups is 1. The minimum atomic E-state index is -1.26. The summed E-state index contributed by atoms with van der Waals surface area (Å²) in [6.07, 6.45) is 1.59. The van der Waals surface area contributed by atoms with Crippen molar-refractivity contribution in [2.75, 3.05) is 14.1 Å². The zero-order valence-corrected chi connectivity index (χ0v) is 22.9. The van der Waals surface area contributed by atoms with Gasteiger partial charge < -0.3 is 30.3 Å². The molecule has 11 heteroatoms. The fourth-order valence-corrected chi connectivity index (χ4v) is 4.05. The van der Waals surface area contributed by atoms with Crippen LogP contribution in [0.15, 0.2) is 83.9 Å². The number of carboxylic acid groups (broad SMARTS) is 3. The van der Waals surface area contributed by atoms with Gasteiger partial charge in [-0.2, -0.15) is 0 Å². The standard InChI is InChI=1S/C27H26FN3O3.C4H4O4/c1-31(2)16-18-5-11-21(12-6-18)29-26(19-8-3-17(4-9-19)7-14-24(32)33)25-22-13-10-20(28)15-23(22)30-27(25)34;5-3(6)1-2-4(7)8/h3-6,8-13,15,30,34H,7,14,16H2,1-2H3,(H,32,33);1-2H,(H,5,6)(H,7,8)/b;2-1+. The van der Waals surface area contributed by atoms with Crippen LogP contribution < -0.4 is 0 Å². The topological polar surface area (TPSA) is 164 Å². The quantitative estimate of drug-likeness (QED) is 0.131. The van der Waals surface area contributed by atoms with E-state index in [0.29, 0.717) is 46.4 Å². The first-order valence-electron chi connectivity index (χ1n) is 12.7. The first-order chi connectivity index (χ1) is 19.9. The molecule has 1 heterocycles. The number of rotatable bonds is 10. The zero-order valence-electron chi connectivity index (χ0n) is 22.9. The van der Waals surface area contributed by atoms with Crippen LogP contribution in [0.2, 0.25) is 0 Å². The highest BCUT2D eigenvalue weighted by atomic mass is 19.1. The van der Waals surface area contributed by atoms with Crippen LogP contribution in [0.25, 0.3) is 10.9 Å². The first-order valence-corrected chi connectivity index (χ1v) is 12.7. The van der Waals surface area contributed by atoms with Gasteiger partial charge in [0.25, 0.3) is 0 Å². The van der Waals surface area contributed by atoms with Crippen LogP contribution in [0.5, 0.6) is 5.88 Å². The molecular weight excluding hydrogens is 545 g/mol. The Labute approximate surface area is 240 Å². The molecular formula is C31H30FN3O7. The van der Waals surface area contributed by atoms with Crippen LogP contribution in [-0.4, -0.2) is 68.0 Å². The third-order valence-corrected chi connectivity index (χ3v) is 5.88. The van der Waals surface area contributed by atoms with E-state index in [-0.39, 0.29) is 12.3 Å². The van der Waals surface area contributed by atoms with Gasteiger partial charge in [-0.15, -0.1) is 0 Å². The van der Waals surface area contributed by atoms with E-state index < -0.39 is 23.7 Å². The van der Waals surface area contributed by atoms with Crippen molar-refractivity contribution >= 4 is 40.2 Å². The van der Waals surface area contributed by atoms with Gasteiger partial charge in [-0.05, 0) is 62.0 Å². The van der Waals surface area contributed by atoms with E-state index in [1.54, 1.807) is 6.07 Å². The van der Waals surface area contributed by atoms with Crippen molar-refractivity contribution < 1.29 is 39.2 Å². The van der Waals surface area contributed by atoms with Crippen LogP contribution in [0, 0.1) is 5.82 Å². The number of fused-ring (bicyclic) bond motifs is 1. The number of nitrogens with one attached hydrogen (secondary N) is 1. The number of hydrogen-bond acceptors (Lipinski definition) is 6. The summed E-state index contributed by atoms with van der Waals surface area (Å²) in [5.74, 6) is -3.86.